The Labute approximate surface area is 223 Å². The number of aliphatic hydroxyl groups is 3. The lowest BCUT2D eigenvalue weighted by Gasteiger charge is -2.35. The molecule has 2 amide bonds. The second-order valence-electron chi connectivity index (χ2n) is 10.5. The number of carboxylic acids is 1. The van der Waals surface area contributed by atoms with Crippen LogP contribution in [-0.2, 0) is 21.0 Å². The Balaban J connectivity index is 1.68. The molecule has 2 heterocycles. The van der Waals surface area contributed by atoms with E-state index >= 15 is 0 Å². The summed E-state index contributed by atoms with van der Waals surface area (Å²) >= 11 is 0. The smallest absolute Gasteiger partial charge is 0.303 e. The van der Waals surface area contributed by atoms with Crippen LogP contribution in [0.2, 0.25) is 0 Å². The van der Waals surface area contributed by atoms with Crippen molar-refractivity contribution in [2.75, 3.05) is 13.2 Å². The van der Waals surface area contributed by atoms with Crippen molar-refractivity contribution in [1.29, 1.82) is 0 Å². The Kier molecular flexibility index (Phi) is 10.9. The SMILES string of the molecule is CCC/C(=C\c1ccc(CO)o1)CC[C@@H](O)C1=C(C)C[C@H]2C(=O)N(CCCCCC(=O)O)C(=O)[C@H]2[C@H]1CO. The molecule has 9 heteroatoms. The molecule has 1 fully saturated rings. The number of allylic oxidation sites excluding steroid dienone is 2. The molecule has 0 unspecified atom stereocenters. The number of hydrogen-bond donors (Lipinski definition) is 4. The highest BCUT2D eigenvalue weighted by atomic mass is 16.4. The third-order valence-corrected chi connectivity index (χ3v) is 7.74. The number of nitrogens with zero attached hydrogens (tertiary/aromatic N) is 1. The van der Waals surface area contributed by atoms with E-state index in [1.807, 2.05) is 13.0 Å². The number of aliphatic hydroxyl groups excluding tert-OH is 3. The fourth-order valence-electron chi connectivity index (χ4n) is 5.95. The highest BCUT2D eigenvalue weighted by Crippen LogP contribution is 2.46. The summed E-state index contributed by atoms with van der Waals surface area (Å²) in [5, 5.41) is 39.6. The van der Waals surface area contributed by atoms with Crippen molar-refractivity contribution in [2.24, 2.45) is 17.8 Å². The first-order valence-electron chi connectivity index (χ1n) is 13.7. The maximum atomic E-state index is 13.3. The Morgan fingerprint density at radius 2 is 1.89 bits per heavy atom. The van der Waals surface area contributed by atoms with Gasteiger partial charge in [0.25, 0.3) is 0 Å². The minimum Gasteiger partial charge on any atom is -0.481 e. The van der Waals surface area contributed by atoms with E-state index in [0.29, 0.717) is 55.6 Å². The van der Waals surface area contributed by atoms with Crippen LogP contribution >= 0.6 is 0 Å². The van der Waals surface area contributed by atoms with Gasteiger partial charge in [-0.3, -0.25) is 19.3 Å². The molecule has 4 N–H and O–H groups in total. The lowest BCUT2D eigenvalue weighted by atomic mass is 9.68. The van der Waals surface area contributed by atoms with Crippen molar-refractivity contribution in [3.8, 4) is 0 Å². The molecule has 2 aliphatic rings. The first kappa shape index (κ1) is 29.8. The number of carbonyl (C=O) groups excluding carboxylic acids is 2. The second kappa shape index (κ2) is 13.9. The van der Waals surface area contributed by atoms with Gasteiger partial charge in [-0.1, -0.05) is 30.9 Å². The topological polar surface area (TPSA) is 149 Å². The molecule has 0 aromatic carbocycles. The number of carbonyl (C=O) groups is 3. The zero-order chi connectivity index (χ0) is 27.8. The van der Waals surface area contributed by atoms with Gasteiger partial charge in [0, 0.05) is 18.9 Å². The number of likely N-dealkylation sites (tertiary alicyclic amines) is 1. The average molecular weight is 532 g/mol. The molecule has 38 heavy (non-hydrogen) atoms. The molecule has 0 bridgehead atoms. The van der Waals surface area contributed by atoms with Crippen LogP contribution in [0.15, 0.2) is 33.3 Å². The third kappa shape index (κ3) is 7.01. The molecule has 1 aliphatic heterocycles. The summed E-state index contributed by atoms with van der Waals surface area (Å²) in [6.07, 6.45) is 5.91. The lowest BCUT2D eigenvalue weighted by molar-refractivity contribution is -0.141. The molecule has 4 atom stereocenters. The summed E-state index contributed by atoms with van der Waals surface area (Å²) in [6.45, 7) is 3.69. The number of furan rings is 1. The first-order valence-corrected chi connectivity index (χ1v) is 13.7. The molecule has 0 saturated carbocycles. The minimum atomic E-state index is -0.864. The van der Waals surface area contributed by atoms with E-state index in [2.05, 4.69) is 6.92 Å². The van der Waals surface area contributed by atoms with Gasteiger partial charge >= 0.3 is 5.97 Å². The molecule has 1 aromatic heterocycles. The van der Waals surface area contributed by atoms with Crippen molar-refractivity contribution >= 4 is 23.9 Å². The predicted octanol–water partition coefficient (Wildman–Crippen LogP) is 3.67. The molecule has 3 rings (SSSR count). The maximum Gasteiger partial charge on any atom is 0.303 e. The van der Waals surface area contributed by atoms with Crippen LogP contribution in [0.1, 0.15) is 83.2 Å². The molecule has 0 spiro atoms. The van der Waals surface area contributed by atoms with Crippen LogP contribution in [0.4, 0.5) is 0 Å². The number of carboxylic acid groups (broad SMARTS) is 1. The number of amides is 2. The summed E-state index contributed by atoms with van der Waals surface area (Å²) in [7, 11) is 0. The Hall–Kier alpha value is -2.75. The van der Waals surface area contributed by atoms with E-state index in [-0.39, 0.29) is 38.0 Å². The summed E-state index contributed by atoms with van der Waals surface area (Å²) in [6, 6.07) is 3.52. The summed E-state index contributed by atoms with van der Waals surface area (Å²) in [5.74, 6) is -2.12. The van der Waals surface area contributed by atoms with Gasteiger partial charge in [-0.15, -0.1) is 0 Å². The van der Waals surface area contributed by atoms with E-state index in [1.165, 1.54) is 4.90 Å². The normalized spacial score (nSPS) is 22.8. The van der Waals surface area contributed by atoms with Gasteiger partial charge in [0.05, 0.1) is 24.5 Å². The van der Waals surface area contributed by atoms with Gasteiger partial charge in [-0.2, -0.15) is 0 Å². The van der Waals surface area contributed by atoms with Crippen LogP contribution < -0.4 is 0 Å². The molecule has 1 aromatic rings. The van der Waals surface area contributed by atoms with Gasteiger partial charge in [0.15, 0.2) is 0 Å². The Morgan fingerprint density at radius 1 is 1.13 bits per heavy atom. The highest BCUT2D eigenvalue weighted by molar-refractivity contribution is 6.05. The van der Waals surface area contributed by atoms with Crippen LogP contribution in [0, 0.1) is 17.8 Å². The van der Waals surface area contributed by atoms with Crippen LogP contribution in [0.25, 0.3) is 6.08 Å². The lowest BCUT2D eigenvalue weighted by Crippen LogP contribution is -2.39. The molecule has 9 nitrogen and oxygen atoms in total. The Bertz CT molecular complexity index is 1050. The minimum absolute atomic E-state index is 0.0600. The second-order valence-corrected chi connectivity index (χ2v) is 10.5. The predicted molar refractivity (Wildman–Crippen MR) is 140 cm³/mol. The molecule has 210 valence electrons. The maximum absolute atomic E-state index is 13.3. The Morgan fingerprint density at radius 3 is 2.53 bits per heavy atom. The number of fused-ring (bicyclic) bond motifs is 1. The zero-order valence-corrected chi connectivity index (χ0v) is 22.4. The van der Waals surface area contributed by atoms with Crippen LogP contribution in [0.3, 0.4) is 0 Å². The number of unbranched alkanes of at least 4 members (excludes halogenated alkanes) is 2. The van der Waals surface area contributed by atoms with E-state index in [1.54, 1.807) is 12.1 Å². The number of imide groups is 1. The molecule has 1 aliphatic carbocycles. The first-order chi connectivity index (χ1) is 18.2. The largest absolute Gasteiger partial charge is 0.481 e. The zero-order valence-electron chi connectivity index (χ0n) is 22.4. The number of aliphatic carboxylic acids is 1. The number of rotatable bonds is 15. The molecular formula is C29H41NO8. The fraction of sp³-hybridized carbons (Fsp3) is 0.621. The monoisotopic (exact) mass is 531 g/mol. The number of hydrogen-bond acceptors (Lipinski definition) is 7. The van der Waals surface area contributed by atoms with E-state index < -0.39 is 29.8 Å². The van der Waals surface area contributed by atoms with Gasteiger partial charge in [0.1, 0.15) is 18.1 Å². The molecular weight excluding hydrogens is 490 g/mol. The average Bonchev–Trinajstić information content (AvgIpc) is 3.43. The standard InChI is InChI=1S/C29H41NO8/c1-3-7-19(15-20-10-11-21(16-31)38-20)9-12-24(33)26-18(2)14-22-27(23(26)17-32)29(37)30(28(22)36)13-6-4-5-8-25(34)35/h10-11,15,22-24,27,31-33H,3-9,12-14,16-17H2,1-2H3,(H,34,35)/b19-15+/t22-,23+,24-,27-/m1/s1. The van der Waals surface area contributed by atoms with Crippen molar-refractivity contribution in [3.63, 3.8) is 0 Å². The van der Waals surface area contributed by atoms with E-state index in [9.17, 15) is 29.7 Å². The van der Waals surface area contributed by atoms with E-state index in [0.717, 1.165) is 24.0 Å². The fourth-order valence-corrected chi connectivity index (χ4v) is 5.95. The van der Waals surface area contributed by atoms with Gasteiger partial charge in [-0.25, -0.2) is 0 Å². The van der Waals surface area contributed by atoms with Crippen LogP contribution in [0.5, 0.6) is 0 Å². The van der Waals surface area contributed by atoms with Crippen LogP contribution in [-0.4, -0.2) is 62.4 Å². The van der Waals surface area contributed by atoms with Crippen molar-refractivity contribution < 1.29 is 39.2 Å². The summed E-state index contributed by atoms with van der Waals surface area (Å²) in [4.78, 5) is 38.4. The third-order valence-electron chi connectivity index (χ3n) is 7.74. The summed E-state index contributed by atoms with van der Waals surface area (Å²) < 4.78 is 5.58. The van der Waals surface area contributed by atoms with Gasteiger partial charge in [0.2, 0.25) is 11.8 Å². The summed E-state index contributed by atoms with van der Waals surface area (Å²) in [5.41, 5.74) is 2.61. The molecule has 0 radical (unpaired) electrons. The highest BCUT2D eigenvalue weighted by Gasteiger charge is 2.54. The quantitative estimate of drug-likeness (QED) is 0.152. The van der Waals surface area contributed by atoms with Crippen molar-refractivity contribution in [2.45, 2.75) is 84.3 Å². The van der Waals surface area contributed by atoms with Gasteiger partial charge < -0.3 is 24.8 Å². The molecule has 1 saturated heterocycles. The van der Waals surface area contributed by atoms with Gasteiger partial charge in [-0.05, 0) is 69.2 Å². The van der Waals surface area contributed by atoms with Crippen molar-refractivity contribution in [3.05, 3.63) is 40.4 Å². The van der Waals surface area contributed by atoms with E-state index in [4.69, 9.17) is 9.52 Å². The van der Waals surface area contributed by atoms with Crippen molar-refractivity contribution in [1.82, 2.24) is 4.90 Å².